The molecule has 1 atom stereocenters. The van der Waals surface area contributed by atoms with Gasteiger partial charge in [0.1, 0.15) is 0 Å². The summed E-state index contributed by atoms with van der Waals surface area (Å²) in [6.07, 6.45) is 1.67. The lowest BCUT2D eigenvalue weighted by Gasteiger charge is -2.31. The highest BCUT2D eigenvalue weighted by molar-refractivity contribution is 5.90. The van der Waals surface area contributed by atoms with Gasteiger partial charge in [0, 0.05) is 32.2 Å². The normalized spacial score (nSPS) is 15.8. The van der Waals surface area contributed by atoms with Crippen LogP contribution in [0.3, 0.4) is 0 Å². The number of primary amides is 1. The Morgan fingerprint density at radius 2 is 1.79 bits per heavy atom. The van der Waals surface area contributed by atoms with Gasteiger partial charge in [0.05, 0.1) is 17.6 Å². The van der Waals surface area contributed by atoms with Crippen LogP contribution < -0.4 is 22.1 Å². The quantitative estimate of drug-likeness (QED) is 0.571. The lowest BCUT2D eigenvalue weighted by atomic mass is 9.84. The number of fused-ring (bicyclic) bond motifs is 1. The van der Waals surface area contributed by atoms with Gasteiger partial charge >= 0.3 is 11.7 Å². The van der Waals surface area contributed by atoms with E-state index in [0.29, 0.717) is 36.7 Å². The molecule has 1 saturated heterocycles. The molecule has 0 bridgehead atoms. The Hall–Kier alpha value is -3.14. The average molecular weight is 460 g/mol. The molecule has 3 rings (SSSR count). The summed E-state index contributed by atoms with van der Waals surface area (Å²) < 4.78 is 8.20. The van der Waals surface area contributed by atoms with Gasteiger partial charge in [-0.2, -0.15) is 0 Å². The third-order valence-corrected chi connectivity index (χ3v) is 6.01. The summed E-state index contributed by atoms with van der Waals surface area (Å²) in [5.41, 5.74) is 5.39. The second-order valence-corrected chi connectivity index (χ2v) is 9.59. The first-order valence-corrected chi connectivity index (χ1v) is 11.2. The van der Waals surface area contributed by atoms with E-state index >= 15 is 0 Å². The topological polar surface area (TPSA) is 137 Å². The zero-order valence-electron chi connectivity index (χ0n) is 19.4. The molecule has 0 spiro atoms. The van der Waals surface area contributed by atoms with Gasteiger partial charge in [-0.25, -0.2) is 14.2 Å². The molecule has 3 amide bonds. The first-order valence-electron chi connectivity index (χ1n) is 11.2. The van der Waals surface area contributed by atoms with E-state index in [2.05, 4.69) is 10.6 Å². The highest BCUT2D eigenvalue weighted by Gasteiger charge is 2.30. The second-order valence-electron chi connectivity index (χ2n) is 9.59. The number of ether oxygens (including phenoxy) is 1. The number of carbonyl (C=O) groups is 3. The highest BCUT2D eigenvalue weighted by Crippen LogP contribution is 2.23. The van der Waals surface area contributed by atoms with Crippen molar-refractivity contribution < 1.29 is 19.1 Å². The maximum absolute atomic E-state index is 13.3. The van der Waals surface area contributed by atoms with Crippen LogP contribution in [0.5, 0.6) is 0 Å². The Kier molecular flexibility index (Phi) is 7.57. The van der Waals surface area contributed by atoms with Crippen LogP contribution >= 0.6 is 0 Å². The van der Waals surface area contributed by atoms with E-state index < -0.39 is 35.0 Å². The number of rotatable bonds is 7. The Morgan fingerprint density at radius 1 is 1.15 bits per heavy atom. The lowest BCUT2D eigenvalue weighted by molar-refractivity contribution is -0.125. The second kappa shape index (κ2) is 10.2. The fourth-order valence-electron chi connectivity index (χ4n) is 4.00. The highest BCUT2D eigenvalue weighted by atomic mass is 16.5. The van der Waals surface area contributed by atoms with Crippen LogP contribution in [0.1, 0.15) is 40.0 Å². The van der Waals surface area contributed by atoms with Crippen LogP contribution in [0.15, 0.2) is 29.1 Å². The zero-order chi connectivity index (χ0) is 24.2. The molecule has 0 radical (unpaired) electrons. The van der Waals surface area contributed by atoms with E-state index in [0.717, 1.165) is 17.4 Å². The molecule has 0 saturated carbocycles. The van der Waals surface area contributed by atoms with Gasteiger partial charge in [0.25, 0.3) is 0 Å². The van der Waals surface area contributed by atoms with Crippen molar-refractivity contribution >= 4 is 28.9 Å². The van der Waals surface area contributed by atoms with Gasteiger partial charge in [-0.15, -0.1) is 0 Å². The maximum atomic E-state index is 13.3. The Morgan fingerprint density at radius 3 is 2.39 bits per heavy atom. The molecule has 1 fully saturated rings. The van der Waals surface area contributed by atoms with Gasteiger partial charge in [0.15, 0.2) is 0 Å². The van der Waals surface area contributed by atoms with Gasteiger partial charge < -0.3 is 21.1 Å². The molecule has 1 aliphatic rings. The molecule has 180 valence electrons. The fourth-order valence-corrected chi connectivity index (χ4v) is 4.00. The standard InChI is InChI=1S/C23H33N5O5/c1-23(2,3)18(12-20(30)25-13-19(24)29)26-21(31)28-17-7-5-4-6-16(17)27(22(28)32)14-15-8-10-33-11-9-15/h4-7,15,18H,8-14H2,1-3H3,(H2,24,29)(H,25,30)(H,26,31)/t18-/m1/s1. The molecule has 1 aromatic heterocycles. The van der Waals surface area contributed by atoms with Gasteiger partial charge in [0.2, 0.25) is 11.8 Å². The van der Waals surface area contributed by atoms with Crippen LogP contribution in [0.4, 0.5) is 4.79 Å². The molecule has 2 aromatic rings. The molecular weight excluding hydrogens is 426 g/mol. The smallest absolute Gasteiger partial charge is 0.337 e. The minimum absolute atomic E-state index is 0.0576. The van der Waals surface area contributed by atoms with Crippen molar-refractivity contribution in [3.05, 3.63) is 34.7 Å². The zero-order valence-corrected chi connectivity index (χ0v) is 19.4. The number of para-hydroxylation sites is 2. The number of aromatic nitrogens is 2. The first kappa shape index (κ1) is 24.5. The number of benzene rings is 1. The van der Waals surface area contributed by atoms with E-state index in [9.17, 15) is 19.2 Å². The summed E-state index contributed by atoms with van der Waals surface area (Å²) >= 11 is 0. The largest absolute Gasteiger partial charge is 0.381 e. The summed E-state index contributed by atoms with van der Waals surface area (Å²) in [6.45, 7) is 7.24. The predicted octanol–water partition coefficient (Wildman–Crippen LogP) is 1.19. The average Bonchev–Trinajstić information content (AvgIpc) is 3.03. The summed E-state index contributed by atoms with van der Waals surface area (Å²) in [4.78, 5) is 49.9. The predicted molar refractivity (Wildman–Crippen MR) is 124 cm³/mol. The molecule has 2 heterocycles. The molecule has 0 aliphatic carbocycles. The molecule has 0 unspecified atom stereocenters. The van der Waals surface area contributed by atoms with Crippen molar-refractivity contribution in [2.24, 2.45) is 17.1 Å². The molecular formula is C23H33N5O5. The number of nitrogens with two attached hydrogens (primary N) is 1. The number of amides is 3. The van der Waals surface area contributed by atoms with Crippen LogP contribution in [-0.2, 0) is 20.9 Å². The minimum atomic E-state index is -0.649. The third kappa shape index (κ3) is 6.01. The first-order chi connectivity index (χ1) is 15.6. The van der Waals surface area contributed by atoms with E-state index in [1.54, 1.807) is 16.7 Å². The van der Waals surface area contributed by atoms with Crippen LogP contribution in [0.2, 0.25) is 0 Å². The molecule has 10 heteroatoms. The summed E-state index contributed by atoms with van der Waals surface area (Å²) in [5, 5.41) is 5.30. The molecule has 1 aromatic carbocycles. The number of hydrogen-bond acceptors (Lipinski definition) is 5. The summed E-state index contributed by atoms with van der Waals surface area (Å²) in [5.74, 6) is -0.762. The van der Waals surface area contributed by atoms with Crippen molar-refractivity contribution in [2.75, 3.05) is 19.8 Å². The fraction of sp³-hybridized carbons (Fsp3) is 0.565. The number of nitrogens with zero attached hydrogens (tertiary/aromatic N) is 2. The van der Waals surface area contributed by atoms with E-state index in [1.165, 1.54) is 0 Å². The minimum Gasteiger partial charge on any atom is -0.381 e. The Bertz CT molecular complexity index is 1080. The van der Waals surface area contributed by atoms with Crippen molar-refractivity contribution in [1.29, 1.82) is 0 Å². The SMILES string of the molecule is CC(C)(C)[C@@H](CC(=O)NCC(N)=O)NC(=O)n1c(=O)n(CC2CCOCC2)c2ccccc21. The maximum Gasteiger partial charge on any atom is 0.337 e. The summed E-state index contributed by atoms with van der Waals surface area (Å²) in [6, 6.07) is 6.02. The van der Waals surface area contributed by atoms with Crippen LogP contribution in [0, 0.1) is 11.3 Å². The molecule has 4 N–H and O–H groups in total. The van der Waals surface area contributed by atoms with Crippen molar-refractivity contribution in [1.82, 2.24) is 19.8 Å². The molecule has 33 heavy (non-hydrogen) atoms. The molecule has 1 aliphatic heterocycles. The van der Waals surface area contributed by atoms with Gasteiger partial charge in [-0.1, -0.05) is 32.9 Å². The monoisotopic (exact) mass is 459 g/mol. The Balaban J connectivity index is 1.87. The third-order valence-electron chi connectivity index (χ3n) is 6.01. The number of carbonyl (C=O) groups excluding carboxylic acids is 3. The van der Waals surface area contributed by atoms with E-state index in [4.69, 9.17) is 10.5 Å². The number of nitrogens with one attached hydrogen (secondary N) is 2. The van der Waals surface area contributed by atoms with Gasteiger partial charge in [-0.3, -0.25) is 14.2 Å². The van der Waals surface area contributed by atoms with E-state index in [-0.39, 0.29) is 13.0 Å². The van der Waals surface area contributed by atoms with Gasteiger partial charge in [-0.05, 0) is 36.3 Å². The number of imidazole rings is 1. The van der Waals surface area contributed by atoms with Crippen molar-refractivity contribution in [3.8, 4) is 0 Å². The van der Waals surface area contributed by atoms with Crippen LogP contribution in [0.25, 0.3) is 11.0 Å². The van der Waals surface area contributed by atoms with Crippen molar-refractivity contribution in [2.45, 2.75) is 52.6 Å². The number of hydrogen-bond donors (Lipinski definition) is 3. The molecule has 10 nitrogen and oxygen atoms in total. The van der Waals surface area contributed by atoms with E-state index in [1.807, 2.05) is 32.9 Å². The summed E-state index contributed by atoms with van der Waals surface area (Å²) in [7, 11) is 0. The lowest BCUT2D eigenvalue weighted by Crippen LogP contribution is -2.50. The van der Waals surface area contributed by atoms with Crippen LogP contribution in [-0.4, -0.2) is 52.8 Å². The Labute approximate surface area is 192 Å². The van der Waals surface area contributed by atoms with Crippen molar-refractivity contribution in [3.63, 3.8) is 0 Å².